The first-order chi connectivity index (χ1) is 10.9. The molecule has 0 aliphatic carbocycles. The third-order valence-corrected chi connectivity index (χ3v) is 4.29. The number of benzene rings is 2. The molecule has 0 aliphatic rings. The molecule has 0 radical (unpaired) electrons. The van der Waals surface area contributed by atoms with Gasteiger partial charge in [0.1, 0.15) is 16.8 Å². The zero-order valence-corrected chi connectivity index (χ0v) is 15.2. The molecule has 2 aromatic carbocycles. The smallest absolute Gasteiger partial charge is 0.253 e. The molecule has 1 atom stereocenters. The third-order valence-electron chi connectivity index (χ3n) is 2.93. The van der Waals surface area contributed by atoms with E-state index < -0.39 is 16.8 Å². The van der Waals surface area contributed by atoms with E-state index in [9.17, 15) is 13.4 Å². The molecule has 0 saturated carbocycles. The van der Waals surface area contributed by atoms with Crippen LogP contribution in [0.1, 0.15) is 15.9 Å². The maximum absolute atomic E-state index is 13.0. The first-order valence-corrected chi connectivity index (χ1v) is 9.21. The molecule has 0 heterocycles. The van der Waals surface area contributed by atoms with E-state index in [0.717, 1.165) is 4.47 Å². The molecule has 0 aliphatic heterocycles. The van der Waals surface area contributed by atoms with Crippen LogP contribution >= 0.6 is 27.5 Å². The summed E-state index contributed by atoms with van der Waals surface area (Å²) in [5.74, 6) is -0.791. The van der Waals surface area contributed by atoms with Crippen LogP contribution < -0.4 is 10.0 Å². The van der Waals surface area contributed by atoms with E-state index in [4.69, 9.17) is 11.6 Å². The average molecular weight is 420 g/mol. The Morgan fingerprint density at radius 1 is 1.30 bits per heavy atom. The van der Waals surface area contributed by atoms with Gasteiger partial charge in [-0.25, -0.2) is 8.60 Å². The van der Waals surface area contributed by atoms with Crippen molar-refractivity contribution < 1.29 is 13.4 Å². The SMILES string of the molecule is CS(=O)Nc1cc(Br)ccc1C(=O)NCc1ccc(F)cc1Cl. The van der Waals surface area contributed by atoms with Gasteiger partial charge < -0.3 is 10.0 Å². The van der Waals surface area contributed by atoms with Crippen molar-refractivity contribution in [2.45, 2.75) is 6.54 Å². The number of rotatable bonds is 5. The summed E-state index contributed by atoms with van der Waals surface area (Å²) in [6.45, 7) is 0.155. The molecular formula is C15H13BrClFN2O2S. The molecule has 0 fully saturated rings. The van der Waals surface area contributed by atoms with Crippen LogP contribution in [0.2, 0.25) is 5.02 Å². The lowest BCUT2D eigenvalue weighted by molar-refractivity contribution is 0.0952. The van der Waals surface area contributed by atoms with Gasteiger partial charge >= 0.3 is 0 Å². The number of hydrogen-bond acceptors (Lipinski definition) is 2. The first kappa shape index (κ1) is 17.9. The lowest BCUT2D eigenvalue weighted by Gasteiger charge is -2.12. The maximum Gasteiger partial charge on any atom is 0.253 e. The summed E-state index contributed by atoms with van der Waals surface area (Å²) in [5, 5.41) is 2.95. The van der Waals surface area contributed by atoms with E-state index in [2.05, 4.69) is 26.0 Å². The Hall–Kier alpha value is -1.44. The summed E-state index contributed by atoms with van der Waals surface area (Å²) in [5.41, 5.74) is 1.40. The summed E-state index contributed by atoms with van der Waals surface area (Å²) in [6, 6.07) is 8.97. The van der Waals surface area contributed by atoms with E-state index in [1.54, 1.807) is 18.2 Å². The van der Waals surface area contributed by atoms with E-state index in [0.29, 0.717) is 16.8 Å². The number of carbonyl (C=O) groups is 1. The number of anilines is 1. The second-order valence-corrected chi connectivity index (χ2v) is 7.10. The van der Waals surface area contributed by atoms with Crippen molar-refractivity contribution >= 4 is 50.1 Å². The predicted octanol–water partition coefficient (Wildman–Crippen LogP) is 3.88. The van der Waals surface area contributed by atoms with Crippen LogP contribution in [0, 0.1) is 5.82 Å². The Bertz CT molecular complexity index is 773. The van der Waals surface area contributed by atoms with Crippen molar-refractivity contribution in [3.8, 4) is 0 Å². The number of hydrogen-bond donors (Lipinski definition) is 2. The Kier molecular flexibility index (Phi) is 6.15. The summed E-state index contributed by atoms with van der Waals surface area (Å²) in [4.78, 5) is 12.3. The minimum atomic E-state index is -1.31. The highest BCUT2D eigenvalue weighted by Gasteiger charge is 2.13. The molecule has 0 bridgehead atoms. The number of carbonyl (C=O) groups excluding carboxylic acids is 1. The molecule has 0 aromatic heterocycles. The van der Waals surface area contributed by atoms with Crippen LogP contribution in [0.25, 0.3) is 0 Å². The van der Waals surface area contributed by atoms with Crippen molar-refractivity contribution in [3.63, 3.8) is 0 Å². The molecule has 2 aromatic rings. The number of nitrogens with one attached hydrogen (secondary N) is 2. The summed E-state index contributed by atoms with van der Waals surface area (Å²) in [7, 11) is -1.31. The van der Waals surface area contributed by atoms with Gasteiger partial charge in [0.25, 0.3) is 5.91 Å². The zero-order valence-electron chi connectivity index (χ0n) is 12.0. The molecular weight excluding hydrogens is 407 g/mol. The fourth-order valence-corrected chi connectivity index (χ4v) is 2.96. The third kappa shape index (κ3) is 5.02. The number of halogens is 3. The fraction of sp³-hybridized carbons (Fsp3) is 0.133. The van der Waals surface area contributed by atoms with Crippen molar-refractivity contribution in [1.29, 1.82) is 0 Å². The monoisotopic (exact) mass is 418 g/mol. The van der Waals surface area contributed by atoms with Gasteiger partial charge in [0.05, 0.1) is 11.3 Å². The minimum absolute atomic E-state index is 0.155. The lowest BCUT2D eigenvalue weighted by Crippen LogP contribution is -2.24. The van der Waals surface area contributed by atoms with E-state index >= 15 is 0 Å². The van der Waals surface area contributed by atoms with Crippen molar-refractivity contribution in [3.05, 3.63) is 62.8 Å². The van der Waals surface area contributed by atoms with E-state index in [1.165, 1.54) is 24.5 Å². The van der Waals surface area contributed by atoms with Gasteiger partial charge in [-0.3, -0.25) is 4.79 Å². The second-order valence-electron chi connectivity index (χ2n) is 4.66. The molecule has 4 nitrogen and oxygen atoms in total. The highest BCUT2D eigenvalue weighted by Crippen LogP contribution is 2.22. The standard InChI is InChI=1S/C15H13BrClFN2O2S/c1-23(22)20-14-6-10(16)3-5-12(14)15(21)19-8-9-2-4-11(18)7-13(9)17/h2-7,20H,8H2,1H3,(H,19,21). The van der Waals surface area contributed by atoms with Gasteiger partial charge in [0, 0.05) is 22.3 Å². The fourth-order valence-electron chi connectivity index (χ4n) is 1.89. The molecule has 0 saturated heterocycles. The normalized spacial score (nSPS) is 11.8. The van der Waals surface area contributed by atoms with Gasteiger partial charge in [0.15, 0.2) is 0 Å². The van der Waals surface area contributed by atoms with E-state index in [1.807, 2.05) is 0 Å². The van der Waals surface area contributed by atoms with E-state index in [-0.39, 0.29) is 17.5 Å². The van der Waals surface area contributed by atoms with Gasteiger partial charge in [-0.05, 0) is 35.9 Å². The van der Waals surface area contributed by atoms with Crippen LogP contribution in [-0.4, -0.2) is 16.4 Å². The summed E-state index contributed by atoms with van der Waals surface area (Å²) in [6.07, 6.45) is 1.47. The predicted molar refractivity (Wildman–Crippen MR) is 94.4 cm³/mol. The highest BCUT2D eigenvalue weighted by atomic mass is 79.9. The molecule has 0 spiro atoms. The van der Waals surface area contributed by atoms with Crippen molar-refractivity contribution in [1.82, 2.24) is 5.32 Å². The topological polar surface area (TPSA) is 58.2 Å². The number of amides is 1. The van der Waals surface area contributed by atoms with Crippen molar-refractivity contribution in [2.75, 3.05) is 11.0 Å². The van der Waals surface area contributed by atoms with Crippen LogP contribution in [-0.2, 0) is 17.5 Å². The van der Waals surface area contributed by atoms with Crippen LogP contribution in [0.5, 0.6) is 0 Å². The Morgan fingerprint density at radius 2 is 2.04 bits per heavy atom. The van der Waals surface area contributed by atoms with Crippen LogP contribution in [0.3, 0.4) is 0 Å². The van der Waals surface area contributed by atoms with Crippen molar-refractivity contribution in [2.24, 2.45) is 0 Å². The van der Waals surface area contributed by atoms with Crippen LogP contribution in [0.15, 0.2) is 40.9 Å². The minimum Gasteiger partial charge on any atom is -0.348 e. The Balaban J connectivity index is 2.15. The second kappa shape index (κ2) is 7.90. The molecule has 122 valence electrons. The largest absolute Gasteiger partial charge is 0.348 e. The molecule has 2 rings (SSSR count). The summed E-state index contributed by atoms with van der Waals surface area (Å²) < 4.78 is 27.8. The Labute approximate surface area is 149 Å². The van der Waals surface area contributed by atoms with Crippen LogP contribution in [0.4, 0.5) is 10.1 Å². The highest BCUT2D eigenvalue weighted by molar-refractivity contribution is 9.10. The average Bonchev–Trinajstić information content (AvgIpc) is 2.45. The molecule has 1 unspecified atom stereocenters. The summed E-state index contributed by atoms with van der Waals surface area (Å²) >= 11 is 9.23. The quantitative estimate of drug-likeness (QED) is 0.773. The first-order valence-electron chi connectivity index (χ1n) is 6.48. The van der Waals surface area contributed by atoms with Gasteiger partial charge in [-0.1, -0.05) is 33.6 Å². The lowest BCUT2D eigenvalue weighted by atomic mass is 10.1. The maximum atomic E-state index is 13.0. The van der Waals surface area contributed by atoms with Gasteiger partial charge in [-0.15, -0.1) is 0 Å². The van der Waals surface area contributed by atoms with Gasteiger partial charge in [-0.2, -0.15) is 0 Å². The van der Waals surface area contributed by atoms with Gasteiger partial charge in [0.2, 0.25) is 0 Å². The molecule has 2 N–H and O–H groups in total. The molecule has 8 heteroatoms. The Morgan fingerprint density at radius 3 is 2.70 bits per heavy atom. The molecule has 23 heavy (non-hydrogen) atoms. The molecule has 1 amide bonds. The zero-order chi connectivity index (χ0) is 17.0.